The second-order valence-corrected chi connectivity index (χ2v) is 5.91. The minimum atomic E-state index is -0.439. The summed E-state index contributed by atoms with van der Waals surface area (Å²) in [5.74, 6) is 0.247. The average Bonchev–Trinajstić information content (AvgIpc) is 2.32. The van der Waals surface area contributed by atoms with E-state index in [1.165, 1.54) is 6.07 Å². The first-order valence-corrected chi connectivity index (χ1v) is 6.92. The fourth-order valence-corrected chi connectivity index (χ4v) is 2.58. The van der Waals surface area contributed by atoms with Crippen molar-refractivity contribution in [2.45, 2.75) is 36.7 Å². The summed E-state index contributed by atoms with van der Waals surface area (Å²) in [5.41, 5.74) is 1.57. The maximum atomic E-state index is 11.0. The Bertz CT molecular complexity index is 501. The van der Waals surface area contributed by atoms with Gasteiger partial charge in [0.25, 0.3) is 0 Å². The molecular formula is C12H14INO4. The van der Waals surface area contributed by atoms with Crippen molar-refractivity contribution < 1.29 is 14.7 Å². The number of hydrogen-bond acceptors (Lipinski definition) is 4. The number of alkyl halides is 1. The summed E-state index contributed by atoms with van der Waals surface area (Å²) in [6.45, 7) is 6.04. The number of rotatable bonds is 2. The molecule has 5 nitrogen and oxygen atoms in total. The van der Waals surface area contributed by atoms with Crippen molar-refractivity contribution in [3.8, 4) is 5.75 Å². The molecule has 1 aliphatic rings. The van der Waals surface area contributed by atoms with E-state index in [0.29, 0.717) is 0 Å². The van der Waals surface area contributed by atoms with Crippen molar-refractivity contribution in [1.82, 2.24) is 0 Å². The van der Waals surface area contributed by atoms with Gasteiger partial charge in [-0.3, -0.25) is 10.1 Å². The van der Waals surface area contributed by atoms with Gasteiger partial charge in [-0.2, -0.15) is 4.89 Å². The van der Waals surface area contributed by atoms with Gasteiger partial charge in [0.15, 0.2) is 4.11 Å². The zero-order valence-corrected chi connectivity index (χ0v) is 12.6. The Morgan fingerprint density at radius 2 is 2.17 bits per heavy atom. The third kappa shape index (κ3) is 1.97. The molecule has 0 aromatic heterocycles. The SMILES string of the molecule is CCc1ccc([N+](=O)[O-])c2c1C(C)(C)C(I)OO2. The highest BCUT2D eigenvalue weighted by Crippen LogP contribution is 2.48. The number of nitro benzene ring substituents is 1. The van der Waals surface area contributed by atoms with Crippen molar-refractivity contribution in [2.75, 3.05) is 0 Å². The van der Waals surface area contributed by atoms with Crippen molar-refractivity contribution in [2.24, 2.45) is 0 Å². The number of nitro groups is 1. The van der Waals surface area contributed by atoms with Crippen LogP contribution in [0.5, 0.6) is 5.75 Å². The maximum Gasteiger partial charge on any atom is 0.315 e. The molecule has 0 bridgehead atoms. The van der Waals surface area contributed by atoms with E-state index in [9.17, 15) is 10.1 Å². The first-order chi connectivity index (χ1) is 8.39. The maximum absolute atomic E-state index is 11.0. The lowest BCUT2D eigenvalue weighted by Gasteiger charge is -2.36. The molecule has 1 unspecified atom stereocenters. The lowest BCUT2D eigenvalue weighted by molar-refractivity contribution is -0.389. The highest BCUT2D eigenvalue weighted by atomic mass is 127. The van der Waals surface area contributed by atoms with Crippen LogP contribution in [0.15, 0.2) is 12.1 Å². The Kier molecular flexibility index (Phi) is 3.50. The number of nitrogens with zero attached hydrogens (tertiary/aromatic N) is 1. The molecule has 0 amide bonds. The molecule has 0 radical (unpaired) electrons. The summed E-state index contributed by atoms with van der Waals surface area (Å²) in [6.07, 6.45) is 0.802. The molecule has 0 N–H and O–H groups in total. The first kappa shape index (κ1) is 13.5. The average molecular weight is 363 g/mol. The van der Waals surface area contributed by atoms with Gasteiger partial charge in [-0.1, -0.05) is 26.8 Å². The van der Waals surface area contributed by atoms with E-state index in [0.717, 1.165) is 17.5 Å². The van der Waals surface area contributed by atoms with Gasteiger partial charge in [-0.25, -0.2) is 0 Å². The molecule has 1 heterocycles. The highest BCUT2D eigenvalue weighted by Gasteiger charge is 2.43. The Balaban J connectivity index is 2.73. The second-order valence-electron chi connectivity index (χ2n) is 4.78. The topological polar surface area (TPSA) is 61.6 Å². The third-order valence-corrected chi connectivity index (χ3v) is 4.99. The predicted octanol–water partition coefficient (Wildman–Crippen LogP) is 3.52. The molecular weight excluding hydrogens is 349 g/mol. The highest BCUT2D eigenvalue weighted by molar-refractivity contribution is 14.1. The van der Waals surface area contributed by atoms with Crippen LogP contribution in [0, 0.1) is 10.1 Å². The summed E-state index contributed by atoms with van der Waals surface area (Å²) in [7, 11) is 0. The molecule has 1 aromatic carbocycles. The van der Waals surface area contributed by atoms with Crippen molar-refractivity contribution in [3.05, 3.63) is 33.4 Å². The lowest BCUT2D eigenvalue weighted by Crippen LogP contribution is -2.37. The van der Waals surface area contributed by atoms with E-state index in [2.05, 4.69) is 22.6 Å². The summed E-state index contributed by atoms with van der Waals surface area (Å²) >= 11 is 2.14. The van der Waals surface area contributed by atoms with E-state index >= 15 is 0 Å². The van der Waals surface area contributed by atoms with Gasteiger partial charge in [0.1, 0.15) is 0 Å². The number of aryl methyl sites for hydroxylation is 1. The van der Waals surface area contributed by atoms with E-state index < -0.39 is 4.92 Å². The van der Waals surface area contributed by atoms with Crippen LogP contribution < -0.4 is 4.89 Å². The van der Waals surface area contributed by atoms with Gasteiger partial charge >= 0.3 is 5.69 Å². The largest absolute Gasteiger partial charge is 0.329 e. The number of benzene rings is 1. The van der Waals surface area contributed by atoms with Gasteiger partial charge in [0, 0.05) is 17.0 Å². The summed E-state index contributed by atoms with van der Waals surface area (Å²) in [6, 6.07) is 3.28. The van der Waals surface area contributed by atoms with Gasteiger partial charge in [0.05, 0.1) is 4.92 Å². The Morgan fingerprint density at radius 1 is 1.50 bits per heavy atom. The van der Waals surface area contributed by atoms with Gasteiger partial charge in [0.2, 0.25) is 5.75 Å². The number of fused-ring (bicyclic) bond motifs is 1. The molecule has 1 aromatic rings. The Morgan fingerprint density at radius 3 is 2.72 bits per heavy atom. The van der Waals surface area contributed by atoms with Crippen molar-refractivity contribution in [3.63, 3.8) is 0 Å². The molecule has 6 heteroatoms. The molecule has 18 heavy (non-hydrogen) atoms. The normalized spacial score (nSPS) is 21.0. The molecule has 2 rings (SSSR count). The van der Waals surface area contributed by atoms with Gasteiger partial charge in [-0.05, 0) is 34.6 Å². The summed E-state index contributed by atoms with van der Waals surface area (Å²) in [4.78, 5) is 20.9. The second kappa shape index (κ2) is 4.65. The van der Waals surface area contributed by atoms with E-state index in [4.69, 9.17) is 9.78 Å². The molecule has 1 atom stereocenters. The van der Waals surface area contributed by atoms with Crippen molar-refractivity contribution in [1.29, 1.82) is 0 Å². The van der Waals surface area contributed by atoms with Gasteiger partial charge in [-0.15, -0.1) is 0 Å². The monoisotopic (exact) mass is 363 g/mol. The zero-order valence-electron chi connectivity index (χ0n) is 10.4. The zero-order chi connectivity index (χ0) is 13.5. The fraction of sp³-hybridized carbons (Fsp3) is 0.500. The first-order valence-electron chi connectivity index (χ1n) is 5.67. The Hall–Kier alpha value is -0.890. The van der Waals surface area contributed by atoms with E-state index in [1.807, 2.05) is 20.8 Å². The summed E-state index contributed by atoms with van der Waals surface area (Å²) < 4.78 is -0.185. The molecule has 0 aliphatic carbocycles. The lowest BCUT2D eigenvalue weighted by atomic mass is 9.80. The minimum absolute atomic E-state index is 0.0430. The van der Waals surface area contributed by atoms with Crippen LogP contribution in [0.4, 0.5) is 5.69 Å². The van der Waals surface area contributed by atoms with Crippen LogP contribution in [-0.4, -0.2) is 9.03 Å². The fourth-order valence-electron chi connectivity index (χ4n) is 2.17. The molecule has 0 spiro atoms. The molecule has 1 aliphatic heterocycles. The molecule has 0 fully saturated rings. The van der Waals surface area contributed by atoms with E-state index in [-0.39, 0.29) is 21.0 Å². The Labute approximate surface area is 119 Å². The van der Waals surface area contributed by atoms with Crippen LogP contribution in [-0.2, 0) is 16.7 Å². The van der Waals surface area contributed by atoms with Crippen LogP contribution in [0.3, 0.4) is 0 Å². The third-order valence-electron chi connectivity index (χ3n) is 3.23. The standard InChI is InChI=1S/C12H14INO4/c1-4-7-5-6-8(14(15)16)10-9(7)12(2,3)11(13)18-17-10/h5-6,11H,4H2,1-3H3. The van der Waals surface area contributed by atoms with Crippen LogP contribution in [0.1, 0.15) is 31.9 Å². The van der Waals surface area contributed by atoms with Gasteiger partial charge < -0.3 is 4.89 Å². The van der Waals surface area contributed by atoms with Crippen LogP contribution >= 0.6 is 22.6 Å². The molecule has 98 valence electrons. The summed E-state index contributed by atoms with van der Waals surface area (Å²) in [5, 5.41) is 11.0. The van der Waals surface area contributed by atoms with Crippen LogP contribution in [0.2, 0.25) is 0 Å². The van der Waals surface area contributed by atoms with Crippen molar-refractivity contribution >= 4 is 28.3 Å². The smallest absolute Gasteiger partial charge is 0.315 e. The van der Waals surface area contributed by atoms with E-state index in [1.54, 1.807) is 6.07 Å². The quantitative estimate of drug-likeness (QED) is 0.265. The number of halogens is 1. The predicted molar refractivity (Wildman–Crippen MR) is 75.0 cm³/mol. The molecule has 0 saturated carbocycles. The minimum Gasteiger partial charge on any atom is -0.329 e. The number of hydrogen-bond donors (Lipinski definition) is 0. The molecule has 0 saturated heterocycles. The van der Waals surface area contributed by atoms with Crippen LogP contribution in [0.25, 0.3) is 0 Å².